The molecule has 0 saturated carbocycles. The van der Waals surface area contributed by atoms with E-state index >= 15 is 0 Å². The lowest BCUT2D eigenvalue weighted by atomic mass is 10.4. The van der Waals surface area contributed by atoms with Gasteiger partial charge in [-0.05, 0) is 26.6 Å². The normalized spacial score (nSPS) is 12.5. The van der Waals surface area contributed by atoms with Crippen LogP contribution in [0.1, 0.15) is 13.3 Å². The zero-order valence-corrected chi connectivity index (χ0v) is 11.4. The largest absolute Gasteiger partial charge is 0.401 e. The Morgan fingerprint density at radius 3 is 2.12 bits per heavy atom. The number of carbonyl (C=O) groups excluding carboxylic acids is 1. The Kier molecular flexibility index (Phi) is 9.86. The molecule has 102 valence electrons. The van der Waals surface area contributed by atoms with Crippen LogP contribution < -0.4 is 5.73 Å². The number of amides is 1. The fourth-order valence-electron chi connectivity index (χ4n) is 0.695. The lowest BCUT2D eigenvalue weighted by Crippen LogP contribution is -2.32. The third-order valence-electron chi connectivity index (χ3n) is 1.56. The molecule has 0 radical (unpaired) electrons. The van der Waals surface area contributed by atoms with Crippen molar-refractivity contribution >= 4 is 16.3 Å². The molecule has 1 amide bonds. The third-order valence-corrected chi connectivity index (χ3v) is 2.43. The van der Waals surface area contributed by atoms with Gasteiger partial charge in [0.05, 0.1) is 7.11 Å². The molecule has 0 rings (SSSR count). The van der Waals surface area contributed by atoms with Gasteiger partial charge in [0.15, 0.2) is 0 Å². The number of nitrogens with zero attached hydrogens (tertiary/aromatic N) is 1. The van der Waals surface area contributed by atoms with E-state index in [9.17, 15) is 13.2 Å². The van der Waals surface area contributed by atoms with Crippen molar-refractivity contribution in [3.8, 4) is 0 Å². The number of carbonyl (C=O) groups is 1. The van der Waals surface area contributed by atoms with Gasteiger partial charge in [0, 0.05) is 0 Å². The van der Waals surface area contributed by atoms with Crippen LogP contribution in [0.25, 0.3) is 0 Å². The summed E-state index contributed by atoms with van der Waals surface area (Å²) in [5.41, 5.74) is 4.53. The number of primary amides is 1. The quantitative estimate of drug-likeness (QED) is 0.531. The van der Waals surface area contributed by atoms with Crippen LogP contribution in [-0.2, 0) is 23.6 Å². The highest BCUT2D eigenvalue weighted by Gasteiger charge is 2.18. The molecule has 0 aliphatic rings. The van der Waals surface area contributed by atoms with E-state index < -0.39 is 22.5 Å². The minimum absolute atomic E-state index is 0.463. The molecule has 0 aromatic heterocycles. The van der Waals surface area contributed by atoms with Crippen LogP contribution in [0.2, 0.25) is 0 Å². The maximum absolute atomic E-state index is 10.8. The van der Waals surface area contributed by atoms with Crippen molar-refractivity contribution < 1.29 is 21.6 Å². The predicted octanol–water partition coefficient (Wildman–Crippen LogP) is -0.150. The average molecular weight is 268 g/mol. The SMILES string of the molecule is C=CC(N)=O.CCC(OS(=O)(=O)OC)N(C)C. The second-order valence-corrected chi connectivity index (χ2v) is 4.45. The first kappa shape index (κ1) is 18.4. The Labute approximate surface area is 103 Å². The number of rotatable bonds is 6. The summed E-state index contributed by atoms with van der Waals surface area (Å²) in [5.74, 6) is -0.481. The van der Waals surface area contributed by atoms with Crippen LogP contribution in [0, 0.1) is 0 Å². The minimum Gasteiger partial charge on any atom is -0.366 e. The van der Waals surface area contributed by atoms with E-state index in [2.05, 4.69) is 20.7 Å². The molecule has 0 aromatic carbocycles. The zero-order valence-electron chi connectivity index (χ0n) is 10.5. The summed E-state index contributed by atoms with van der Waals surface area (Å²) in [5, 5.41) is 0. The molecular formula is C9H20N2O5S. The summed E-state index contributed by atoms with van der Waals surface area (Å²) in [6, 6.07) is 0. The molecule has 0 saturated heterocycles. The van der Waals surface area contributed by atoms with Gasteiger partial charge in [0.25, 0.3) is 0 Å². The molecule has 2 N–H and O–H groups in total. The standard InChI is InChI=1S/C6H15NO4S.C3H5NO/c1-5-6(7(2)3)11-12(8,9)10-4;1-2-3(4)5/h6H,5H2,1-4H3;2H,1H2,(H2,4,5). The first-order valence-corrected chi connectivity index (χ1v) is 6.10. The van der Waals surface area contributed by atoms with E-state index in [1.165, 1.54) is 0 Å². The summed E-state index contributed by atoms with van der Waals surface area (Å²) in [6.07, 6.45) is 1.17. The topological polar surface area (TPSA) is 98.9 Å². The van der Waals surface area contributed by atoms with Gasteiger partial charge in [-0.15, -0.1) is 0 Å². The van der Waals surface area contributed by atoms with E-state index in [4.69, 9.17) is 0 Å². The van der Waals surface area contributed by atoms with Crippen molar-refractivity contribution in [2.75, 3.05) is 21.2 Å². The molecule has 0 heterocycles. The maximum atomic E-state index is 10.8. The summed E-state index contributed by atoms with van der Waals surface area (Å²) in [4.78, 5) is 11.1. The summed E-state index contributed by atoms with van der Waals surface area (Å²) < 4.78 is 30.4. The van der Waals surface area contributed by atoms with Crippen LogP contribution in [0.5, 0.6) is 0 Å². The molecule has 1 unspecified atom stereocenters. The van der Waals surface area contributed by atoms with Crippen LogP contribution in [-0.4, -0.2) is 46.7 Å². The molecular weight excluding hydrogens is 248 g/mol. The average Bonchev–Trinajstić information content (AvgIpc) is 2.26. The molecule has 0 spiro atoms. The van der Waals surface area contributed by atoms with E-state index in [-0.39, 0.29) is 0 Å². The van der Waals surface area contributed by atoms with Crippen molar-refractivity contribution in [1.82, 2.24) is 4.90 Å². The molecule has 0 bridgehead atoms. The van der Waals surface area contributed by atoms with Crippen molar-refractivity contribution in [3.63, 3.8) is 0 Å². The van der Waals surface area contributed by atoms with E-state index in [0.29, 0.717) is 6.42 Å². The van der Waals surface area contributed by atoms with Crippen LogP contribution in [0.4, 0.5) is 0 Å². The second-order valence-electron chi connectivity index (χ2n) is 3.10. The predicted molar refractivity (Wildman–Crippen MR) is 64.2 cm³/mol. The first-order valence-electron chi connectivity index (χ1n) is 4.77. The molecule has 0 aliphatic heterocycles. The fourth-order valence-corrected chi connectivity index (χ4v) is 1.35. The van der Waals surface area contributed by atoms with Gasteiger partial charge in [0.2, 0.25) is 5.91 Å². The van der Waals surface area contributed by atoms with Gasteiger partial charge in [-0.25, -0.2) is 4.18 Å². The Bertz CT molecular complexity index is 326. The van der Waals surface area contributed by atoms with E-state index in [1.807, 2.05) is 6.92 Å². The van der Waals surface area contributed by atoms with Crippen molar-refractivity contribution in [1.29, 1.82) is 0 Å². The Balaban J connectivity index is 0. The third kappa shape index (κ3) is 11.3. The van der Waals surface area contributed by atoms with Crippen molar-refractivity contribution in [2.45, 2.75) is 19.6 Å². The van der Waals surface area contributed by atoms with Gasteiger partial charge in [-0.2, -0.15) is 8.42 Å². The lowest BCUT2D eigenvalue weighted by Gasteiger charge is -2.21. The molecule has 0 aliphatic carbocycles. The zero-order chi connectivity index (χ0) is 14.1. The van der Waals surface area contributed by atoms with Gasteiger partial charge >= 0.3 is 10.4 Å². The fraction of sp³-hybridized carbons (Fsp3) is 0.667. The second kappa shape index (κ2) is 9.11. The lowest BCUT2D eigenvalue weighted by molar-refractivity contribution is -0.113. The monoisotopic (exact) mass is 268 g/mol. The van der Waals surface area contributed by atoms with Gasteiger partial charge in [-0.3, -0.25) is 13.9 Å². The highest BCUT2D eigenvalue weighted by atomic mass is 32.3. The minimum atomic E-state index is -3.82. The molecule has 8 heteroatoms. The van der Waals surface area contributed by atoms with Crippen LogP contribution in [0.15, 0.2) is 12.7 Å². The Morgan fingerprint density at radius 2 is 1.94 bits per heavy atom. The summed E-state index contributed by atoms with van der Waals surface area (Å²) in [7, 11) is 0.721. The highest BCUT2D eigenvalue weighted by Crippen LogP contribution is 2.06. The highest BCUT2D eigenvalue weighted by molar-refractivity contribution is 7.81. The molecule has 0 aromatic rings. The molecule has 0 fully saturated rings. The molecule has 17 heavy (non-hydrogen) atoms. The first-order chi connectivity index (χ1) is 7.70. The van der Waals surface area contributed by atoms with Gasteiger partial charge in [-0.1, -0.05) is 13.5 Å². The molecule has 7 nitrogen and oxygen atoms in total. The van der Waals surface area contributed by atoms with Gasteiger partial charge in [0.1, 0.15) is 6.23 Å². The number of nitrogens with two attached hydrogens (primary N) is 1. The van der Waals surface area contributed by atoms with Crippen molar-refractivity contribution in [3.05, 3.63) is 12.7 Å². The van der Waals surface area contributed by atoms with E-state index in [0.717, 1.165) is 13.2 Å². The van der Waals surface area contributed by atoms with E-state index in [1.54, 1.807) is 19.0 Å². The van der Waals surface area contributed by atoms with Crippen molar-refractivity contribution in [2.24, 2.45) is 5.73 Å². The van der Waals surface area contributed by atoms with Crippen LogP contribution in [0.3, 0.4) is 0 Å². The Morgan fingerprint density at radius 1 is 1.53 bits per heavy atom. The maximum Gasteiger partial charge on any atom is 0.401 e. The number of hydrogen-bond acceptors (Lipinski definition) is 6. The number of hydrogen-bond donors (Lipinski definition) is 1. The molecule has 1 atom stereocenters. The van der Waals surface area contributed by atoms with Crippen LogP contribution >= 0.6 is 0 Å². The summed E-state index contributed by atoms with van der Waals surface area (Å²) >= 11 is 0. The summed E-state index contributed by atoms with van der Waals surface area (Å²) in [6.45, 7) is 4.91. The smallest absolute Gasteiger partial charge is 0.366 e. The van der Waals surface area contributed by atoms with Gasteiger partial charge < -0.3 is 5.73 Å². The Hall–Kier alpha value is -0.960.